The van der Waals surface area contributed by atoms with Crippen LogP contribution in [-0.2, 0) is 0 Å². The van der Waals surface area contributed by atoms with Gasteiger partial charge in [-0.15, -0.1) is 0 Å². The predicted octanol–water partition coefficient (Wildman–Crippen LogP) is 2.19. The van der Waals surface area contributed by atoms with E-state index in [1.807, 2.05) is 0 Å². The summed E-state index contributed by atoms with van der Waals surface area (Å²) in [5.74, 6) is -0.167. The Labute approximate surface area is 93.9 Å². The molecule has 1 unspecified atom stereocenters. The number of Topliss-reactive ketones (excluding diaryl/α,β-unsaturated/α-hetero) is 1. The fourth-order valence-corrected chi connectivity index (χ4v) is 1.69. The number of ketones is 1. The third-order valence-corrected chi connectivity index (χ3v) is 2.81. The standard InChI is InChI=1S/C11H14ClNO2/c1-5-4-8(14)10(12)6(2)9(5)11(15)7(3)13/h4,7,14H,13H2,1-3H3. The molecule has 0 aliphatic carbocycles. The molecule has 4 heteroatoms. The number of aryl methyl sites for hydroxylation is 1. The van der Waals surface area contributed by atoms with Gasteiger partial charge in [-0.3, -0.25) is 4.79 Å². The minimum Gasteiger partial charge on any atom is -0.506 e. The first kappa shape index (κ1) is 12.0. The van der Waals surface area contributed by atoms with Crippen molar-refractivity contribution in [3.05, 3.63) is 27.8 Å². The summed E-state index contributed by atoms with van der Waals surface area (Å²) in [5, 5.41) is 9.66. The molecule has 3 nitrogen and oxygen atoms in total. The second-order valence-corrected chi connectivity index (χ2v) is 4.06. The molecule has 15 heavy (non-hydrogen) atoms. The Morgan fingerprint density at radius 2 is 2.07 bits per heavy atom. The minimum absolute atomic E-state index is 0.00658. The molecule has 0 amide bonds. The van der Waals surface area contributed by atoms with Crippen molar-refractivity contribution in [1.82, 2.24) is 0 Å². The van der Waals surface area contributed by atoms with Crippen LogP contribution in [0, 0.1) is 13.8 Å². The van der Waals surface area contributed by atoms with E-state index in [4.69, 9.17) is 17.3 Å². The molecule has 0 bridgehead atoms. The zero-order valence-corrected chi connectivity index (χ0v) is 9.72. The second-order valence-electron chi connectivity index (χ2n) is 3.68. The highest BCUT2D eigenvalue weighted by molar-refractivity contribution is 6.33. The molecule has 0 aliphatic heterocycles. The lowest BCUT2D eigenvalue weighted by Crippen LogP contribution is -2.28. The van der Waals surface area contributed by atoms with Crippen molar-refractivity contribution in [3.63, 3.8) is 0 Å². The number of carbonyl (C=O) groups is 1. The van der Waals surface area contributed by atoms with E-state index in [-0.39, 0.29) is 16.6 Å². The average Bonchev–Trinajstić information content (AvgIpc) is 2.14. The quantitative estimate of drug-likeness (QED) is 0.762. The Bertz CT molecular complexity index is 414. The van der Waals surface area contributed by atoms with Crippen molar-refractivity contribution in [2.45, 2.75) is 26.8 Å². The number of carbonyl (C=O) groups excluding carboxylic acids is 1. The van der Waals surface area contributed by atoms with E-state index in [2.05, 4.69) is 0 Å². The maximum atomic E-state index is 11.8. The highest BCUT2D eigenvalue weighted by Gasteiger charge is 2.19. The van der Waals surface area contributed by atoms with Crippen LogP contribution in [0.3, 0.4) is 0 Å². The predicted molar refractivity (Wildman–Crippen MR) is 60.6 cm³/mol. The van der Waals surface area contributed by atoms with E-state index in [9.17, 15) is 9.90 Å². The number of phenols is 1. The van der Waals surface area contributed by atoms with Gasteiger partial charge in [0.05, 0.1) is 11.1 Å². The van der Waals surface area contributed by atoms with Crippen LogP contribution >= 0.6 is 11.6 Å². The fraction of sp³-hybridized carbons (Fsp3) is 0.364. The summed E-state index contributed by atoms with van der Waals surface area (Å²) >= 11 is 5.86. The molecule has 0 fully saturated rings. The van der Waals surface area contributed by atoms with Crippen molar-refractivity contribution in [1.29, 1.82) is 0 Å². The normalized spacial score (nSPS) is 12.6. The first-order valence-corrected chi connectivity index (χ1v) is 5.02. The number of rotatable bonds is 2. The van der Waals surface area contributed by atoms with Crippen molar-refractivity contribution in [2.24, 2.45) is 5.73 Å². The van der Waals surface area contributed by atoms with Crippen LogP contribution in [0.5, 0.6) is 5.75 Å². The molecule has 0 aliphatic rings. The Morgan fingerprint density at radius 3 is 2.53 bits per heavy atom. The van der Waals surface area contributed by atoms with Crippen molar-refractivity contribution < 1.29 is 9.90 Å². The van der Waals surface area contributed by atoms with Gasteiger partial charge in [0.25, 0.3) is 0 Å². The lowest BCUT2D eigenvalue weighted by Gasteiger charge is -2.13. The molecule has 0 aromatic heterocycles. The first-order valence-electron chi connectivity index (χ1n) is 4.64. The van der Waals surface area contributed by atoms with Crippen LogP contribution < -0.4 is 5.73 Å². The SMILES string of the molecule is Cc1cc(O)c(Cl)c(C)c1C(=O)C(C)N. The monoisotopic (exact) mass is 227 g/mol. The summed E-state index contributed by atoms with van der Waals surface area (Å²) in [5.41, 5.74) is 7.32. The fourth-order valence-electron chi connectivity index (χ4n) is 1.55. The number of halogens is 1. The van der Waals surface area contributed by atoms with Gasteiger partial charge in [0.1, 0.15) is 5.75 Å². The summed E-state index contributed by atoms with van der Waals surface area (Å²) < 4.78 is 0. The van der Waals surface area contributed by atoms with Gasteiger partial charge in [0.15, 0.2) is 5.78 Å². The van der Waals surface area contributed by atoms with Crippen LogP contribution in [0.4, 0.5) is 0 Å². The molecule has 1 aromatic rings. The average molecular weight is 228 g/mol. The third kappa shape index (κ3) is 2.13. The third-order valence-electron chi connectivity index (χ3n) is 2.34. The molecular weight excluding hydrogens is 214 g/mol. The first-order chi connectivity index (χ1) is 6.86. The molecule has 0 saturated heterocycles. The highest BCUT2D eigenvalue weighted by atomic mass is 35.5. The molecule has 0 saturated carbocycles. The number of aromatic hydroxyl groups is 1. The van der Waals surface area contributed by atoms with Crippen molar-refractivity contribution in [2.75, 3.05) is 0 Å². The molecule has 0 spiro atoms. The van der Waals surface area contributed by atoms with E-state index in [1.165, 1.54) is 6.07 Å². The molecule has 3 N–H and O–H groups in total. The summed E-state index contributed by atoms with van der Waals surface area (Å²) in [6.45, 7) is 5.07. The van der Waals surface area contributed by atoms with E-state index in [0.29, 0.717) is 16.7 Å². The Kier molecular flexibility index (Phi) is 3.37. The zero-order chi connectivity index (χ0) is 11.7. The number of benzene rings is 1. The van der Waals surface area contributed by atoms with Gasteiger partial charge >= 0.3 is 0 Å². The molecule has 1 atom stereocenters. The number of nitrogens with two attached hydrogens (primary N) is 1. The van der Waals surface area contributed by atoms with Crippen LogP contribution in [0.1, 0.15) is 28.4 Å². The highest BCUT2D eigenvalue weighted by Crippen LogP contribution is 2.32. The van der Waals surface area contributed by atoms with Crippen LogP contribution in [0.2, 0.25) is 5.02 Å². The smallest absolute Gasteiger partial charge is 0.179 e. The van der Waals surface area contributed by atoms with E-state index in [0.717, 1.165) is 0 Å². The lowest BCUT2D eigenvalue weighted by molar-refractivity contribution is 0.0966. The largest absolute Gasteiger partial charge is 0.506 e. The lowest BCUT2D eigenvalue weighted by atomic mass is 9.95. The Hall–Kier alpha value is -1.06. The van der Waals surface area contributed by atoms with Gasteiger partial charge in [-0.05, 0) is 38.0 Å². The van der Waals surface area contributed by atoms with E-state index < -0.39 is 6.04 Å². The molecule has 0 radical (unpaired) electrons. The Balaban J connectivity index is 3.43. The number of hydrogen-bond acceptors (Lipinski definition) is 3. The van der Waals surface area contributed by atoms with Crippen molar-refractivity contribution >= 4 is 17.4 Å². The topological polar surface area (TPSA) is 63.3 Å². The molecule has 82 valence electrons. The summed E-state index contributed by atoms with van der Waals surface area (Å²) in [6.07, 6.45) is 0. The van der Waals surface area contributed by atoms with E-state index in [1.54, 1.807) is 20.8 Å². The second kappa shape index (κ2) is 4.21. The van der Waals surface area contributed by atoms with E-state index >= 15 is 0 Å². The van der Waals surface area contributed by atoms with Gasteiger partial charge in [-0.2, -0.15) is 0 Å². The molecule has 1 rings (SSSR count). The number of phenolic OH excluding ortho intramolecular Hbond substituents is 1. The van der Waals surface area contributed by atoms with Crippen LogP contribution in [-0.4, -0.2) is 16.9 Å². The zero-order valence-electron chi connectivity index (χ0n) is 8.97. The summed E-state index contributed by atoms with van der Waals surface area (Å²) in [7, 11) is 0. The maximum absolute atomic E-state index is 11.8. The van der Waals surface area contributed by atoms with Gasteiger partial charge in [0.2, 0.25) is 0 Å². The summed E-state index contributed by atoms with van der Waals surface area (Å²) in [4.78, 5) is 11.8. The van der Waals surface area contributed by atoms with Gasteiger partial charge in [-0.1, -0.05) is 11.6 Å². The summed E-state index contributed by atoms with van der Waals surface area (Å²) in [6, 6.07) is 0.910. The van der Waals surface area contributed by atoms with Gasteiger partial charge < -0.3 is 10.8 Å². The van der Waals surface area contributed by atoms with Gasteiger partial charge in [-0.25, -0.2) is 0 Å². The van der Waals surface area contributed by atoms with Crippen molar-refractivity contribution in [3.8, 4) is 5.75 Å². The molecule has 0 heterocycles. The van der Waals surface area contributed by atoms with Gasteiger partial charge in [0, 0.05) is 5.56 Å². The van der Waals surface area contributed by atoms with Crippen LogP contribution in [0.15, 0.2) is 6.07 Å². The molecular formula is C11H14ClNO2. The minimum atomic E-state index is -0.567. The van der Waals surface area contributed by atoms with Crippen LogP contribution in [0.25, 0.3) is 0 Å². The Morgan fingerprint density at radius 1 is 1.53 bits per heavy atom. The number of hydrogen-bond donors (Lipinski definition) is 2. The molecule has 1 aromatic carbocycles. The maximum Gasteiger partial charge on any atom is 0.179 e.